The molecule has 6 heteroatoms. The van der Waals surface area contributed by atoms with Crippen LogP contribution >= 0.6 is 22.6 Å². The van der Waals surface area contributed by atoms with Gasteiger partial charge in [-0.1, -0.05) is 18.2 Å². The lowest BCUT2D eigenvalue weighted by molar-refractivity contribution is 0.102. The zero-order valence-corrected chi connectivity index (χ0v) is 13.3. The predicted molar refractivity (Wildman–Crippen MR) is 90.0 cm³/mol. The van der Waals surface area contributed by atoms with Crippen LogP contribution in [0.2, 0.25) is 0 Å². The van der Waals surface area contributed by atoms with Gasteiger partial charge in [0.15, 0.2) is 0 Å². The van der Waals surface area contributed by atoms with E-state index in [1.807, 2.05) is 24.3 Å². The van der Waals surface area contributed by atoms with Crippen LogP contribution in [0.4, 0.5) is 10.5 Å². The van der Waals surface area contributed by atoms with Crippen LogP contribution in [0.15, 0.2) is 48.5 Å². The van der Waals surface area contributed by atoms with E-state index < -0.39 is 6.03 Å². The van der Waals surface area contributed by atoms with Gasteiger partial charge in [0.2, 0.25) is 0 Å². The molecule has 0 saturated heterocycles. The van der Waals surface area contributed by atoms with Crippen LogP contribution in [0, 0.1) is 3.57 Å². The second-order valence-electron chi connectivity index (χ2n) is 4.38. The summed E-state index contributed by atoms with van der Waals surface area (Å²) in [7, 11) is 0. The van der Waals surface area contributed by atoms with Crippen LogP contribution in [0.25, 0.3) is 0 Å². The van der Waals surface area contributed by atoms with Gasteiger partial charge in [-0.25, -0.2) is 4.79 Å². The van der Waals surface area contributed by atoms with Crippen molar-refractivity contribution in [2.75, 3.05) is 5.32 Å². The first kappa shape index (κ1) is 15.3. The number of hydrogen-bond acceptors (Lipinski definition) is 2. The van der Waals surface area contributed by atoms with Gasteiger partial charge in [0.05, 0.1) is 0 Å². The topological polar surface area (TPSA) is 84.2 Å². The molecular formula is C15H14IN3O2. The van der Waals surface area contributed by atoms with Gasteiger partial charge in [0, 0.05) is 21.4 Å². The van der Waals surface area contributed by atoms with Crippen molar-refractivity contribution in [1.82, 2.24) is 5.32 Å². The number of amides is 3. The van der Waals surface area contributed by atoms with Crippen molar-refractivity contribution in [3.8, 4) is 0 Å². The smallest absolute Gasteiger partial charge is 0.312 e. The first-order valence-electron chi connectivity index (χ1n) is 6.24. The molecule has 2 rings (SSSR count). The van der Waals surface area contributed by atoms with E-state index in [4.69, 9.17) is 5.73 Å². The number of urea groups is 1. The number of nitrogens with one attached hydrogen (secondary N) is 2. The lowest BCUT2D eigenvalue weighted by Crippen LogP contribution is -2.28. The molecule has 4 N–H and O–H groups in total. The maximum atomic E-state index is 12.1. The van der Waals surface area contributed by atoms with Crippen LogP contribution in [-0.4, -0.2) is 11.9 Å². The van der Waals surface area contributed by atoms with Crippen LogP contribution in [0.5, 0.6) is 0 Å². The summed E-state index contributed by atoms with van der Waals surface area (Å²) in [6.45, 7) is 0.341. The number of benzene rings is 2. The molecule has 2 aromatic rings. The highest BCUT2D eigenvalue weighted by atomic mass is 127. The number of hydrogen-bond donors (Lipinski definition) is 3. The van der Waals surface area contributed by atoms with E-state index in [2.05, 4.69) is 33.2 Å². The Hall–Kier alpha value is -2.09. The molecule has 21 heavy (non-hydrogen) atoms. The molecule has 2 aromatic carbocycles. The highest BCUT2D eigenvalue weighted by Crippen LogP contribution is 2.14. The summed E-state index contributed by atoms with van der Waals surface area (Å²) in [5, 5.41) is 5.33. The van der Waals surface area contributed by atoms with Crippen molar-refractivity contribution in [2.45, 2.75) is 6.54 Å². The Morgan fingerprint density at radius 2 is 1.81 bits per heavy atom. The molecule has 0 aromatic heterocycles. The Kier molecular flexibility index (Phi) is 5.15. The maximum Gasteiger partial charge on any atom is 0.312 e. The van der Waals surface area contributed by atoms with Gasteiger partial charge >= 0.3 is 6.03 Å². The zero-order valence-electron chi connectivity index (χ0n) is 11.1. The van der Waals surface area contributed by atoms with Gasteiger partial charge in [-0.05, 0) is 58.5 Å². The third-order valence-electron chi connectivity index (χ3n) is 2.77. The largest absolute Gasteiger partial charge is 0.352 e. The number of anilines is 1. The summed E-state index contributed by atoms with van der Waals surface area (Å²) >= 11 is 2.19. The van der Waals surface area contributed by atoms with Crippen LogP contribution in [0.1, 0.15) is 15.9 Å². The molecule has 0 aliphatic rings. The third-order valence-corrected chi connectivity index (χ3v) is 3.44. The number of carbonyl (C=O) groups excluding carboxylic acids is 2. The monoisotopic (exact) mass is 395 g/mol. The SMILES string of the molecule is NC(=O)NCc1ccc(C(=O)Nc2cccc(I)c2)cc1. The Morgan fingerprint density at radius 3 is 2.43 bits per heavy atom. The van der Waals surface area contributed by atoms with Crippen molar-refractivity contribution < 1.29 is 9.59 Å². The second-order valence-corrected chi connectivity index (χ2v) is 5.62. The quantitative estimate of drug-likeness (QED) is 0.696. The molecule has 108 valence electrons. The molecule has 5 nitrogen and oxygen atoms in total. The molecule has 0 bridgehead atoms. The molecule has 0 aliphatic heterocycles. The van der Waals surface area contributed by atoms with E-state index in [0.717, 1.165) is 14.8 Å². The van der Waals surface area contributed by atoms with Crippen LogP contribution in [0.3, 0.4) is 0 Å². The van der Waals surface area contributed by atoms with Gasteiger partial charge in [-0.15, -0.1) is 0 Å². The predicted octanol–water partition coefficient (Wildman–Crippen LogP) is 2.71. The first-order valence-corrected chi connectivity index (χ1v) is 7.31. The van der Waals surface area contributed by atoms with Gasteiger partial charge < -0.3 is 16.4 Å². The Labute approximate surface area is 136 Å². The fraction of sp³-hybridized carbons (Fsp3) is 0.0667. The highest BCUT2D eigenvalue weighted by molar-refractivity contribution is 14.1. The van der Waals surface area contributed by atoms with E-state index in [0.29, 0.717) is 12.1 Å². The van der Waals surface area contributed by atoms with Crippen LogP contribution < -0.4 is 16.4 Å². The Morgan fingerprint density at radius 1 is 1.10 bits per heavy atom. The Bertz CT molecular complexity index is 656. The summed E-state index contributed by atoms with van der Waals surface area (Å²) < 4.78 is 1.05. The minimum atomic E-state index is -0.574. The fourth-order valence-electron chi connectivity index (χ4n) is 1.73. The van der Waals surface area contributed by atoms with Gasteiger partial charge in [-0.3, -0.25) is 4.79 Å². The summed E-state index contributed by atoms with van der Waals surface area (Å²) in [4.78, 5) is 22.7. The van der Waals surface area contributed by atoms with E-state index in [1.54, 1.807) is 24.3 Å². The van der Waals surface area contributed by atoms with Gasteiger partial charge in [-0.2, -0.15) is 0 Å². The average Bonchev–Trinajstić information content (AvgIpc) is 2.45. The minimum absolute atomic E-state index is 0.175. The normalized spacial score (nSPS) is 9.95. The molecular weight excluding hydrogens is 381 g/mol. The van der Waals surface area contributed by atoms with Crippen LogP contribution in [-0.2, 0) is 6.54 Å². The van der Waals surface area contributed by atoms with Crippen molar-refractivity contribution in [2.24, 2.45) is 5.73 Å². The van der Waals surface area contributed by atoms with Gasteiger partial charge in [0.1, 0.15) is 0 Å². The molecule has 0 heterocycles. The number of carbonyl (C=O) groups is 2. The molecule has 0 saturated carbocycles. The molecule has 0 aliphatic carbocycles. The fourth-order valence-corrected chi connectivity index (χ4v) is 2.28. The number of halogens is 1. The maximum absolute atomic E-state index is 12.1. The summed E-state index contributed by atoms with van der Waals surface area (Å²) in [6.07, 6.45) is 0. The molecule has 0 unspecified atom stereocenters. The van der Waals surface area contributed by atoms with E-state index in [9.17, 15) is 9.59 Å². The van der Waals surface area contributed by atoms with E-state index in [1.165, 1.54) is 0 Å². The highest BCUT2D eigenvalue weighted by Gasteiger charge is 2.06. The summed E-state index contributed by atoms with van der Waals surface area (Å²) in [5.41, 5.74) is 7.18. The molecule has 0 radical (unpaired) electrons. The number of nitrogens with two attached hydrogens (primary N) is 1. The van der Waals surface area contributed by atoms with Crippen molar-refractivity contribution in [3.63, 3.8) is 0 Å². The van der Waals surface area contributed by atoms with Crippen molar-refractivity contribution >= 4 is 40.2 Å². The molecule has 0 spiro atoms. The van der Waals surface area contributed by atoms with Crippen molar-refractivity contribution in [3.05, 3.63) is 63.2 Å². The van der Waals surface area contributed by atoms with Crippen molar-refractivity contribution in [1.29, 1.82) is 0 Å². The summed E-state index contributed by atoms with van der Waals surface area (Å²) in [5.74, 6) is -0.175. The lowest BCUT2D eigenvalue weighted by Gasteiger charge is -2.07. The number of rotatable bonds is 4. The lowest BCUT2D eigenvalue weighted by atomic mass is 10.1. The number of primary amides is 1. The second kappa shape index (κ2) is 7.07. The first-order chi connectivity index (χ1) is 10.0. The molecule has 0 atom stereocenters. The van der Waals surface area contributed by atoms with E-state index >= 15 is 0 Å². The van der Waals surface area contributed by atoms with Gasteiger partial charge in [0.25, 0.3) is 5.91 Å². The minimum Gasteiger partial charge on any atom is -0.352 e. The molecule has 0 fully saturated rings. The Balaban J connectivity index is 2.01. The zero-order chi connectivity index (χ0) is 15.2. The summed E-state index contributed by atoms with van der Waals surface area (Å²) in [6, 6.07) is 14.0. The van der Waals surface area contributed by atoms with E-state index in [-0.39, 0.29) is 5.91 Å². The average molecular weight is 395 g/mol. The molecule has 3 amide bonds. The standard InChI is InChI=1S/C15H14IN3O2/c16-12-2-1-3-13(8-12)19-14(20)11-6-4-10(5-7-11)9-18-15(17)21/h1-8H,9H2,(H,19,20)(H3,17,18,21). The third kappa shape index (κ3) is 4.75.